The Kier molecular flexibility index (Phi) is 15.9. The lowest BCUT2D eigenvalue weighted by atomic mass is 10.0. The minimum Gasteiger partial charge on any atom is -0.501 e. The minimum atomic E-state index is -0.869. The zero-order chi connectivity index (χ0) is 19.6. The third kappa shape index (κ3) is 11.9. The Labute approximate surface area is 159 Å². The summed E-state index contributed by atoms with van der Waals surface area (Å²) in [6.45, 7) is 4.03. The maximum atomic E-state index is 11.7. The summed E-state index contributed by atoms with van der Waals surface area (Å²) >= 11 is 0. The van der Waals surface area contributed by atoms with E-state index in [1.54, 1.807) is 6.92 Å². The molecule has 0 fully saturated rings. The van der Waals surface area contributed by atoms with Crippen LogP contribution in [0.25, 0.3) is 0 Å². The molecule has 152 valence electrons. The maximum Gasteiger partial charge on any atom is 0.373 e. The molecule has 0 aromatic carbocycles. The first-order valence-electron chi connectivity index (χ1n) is 10.3. The van der Waals surface area contributed by atoms with Crippen LogP contribution in [0, 0.1) is 0 Å². The Bertz CT molecular complexity index is 415. The number of rotatable bonds is 16. The number of esters is 2. The molecule has 0 amide bonds. The van der Waals surface area contributed by atoms with Crippen LogP contribution in [0.15, 0.2) is 11.3 Å². The topological polar surface area (TPSA) is 72.8 Å². The minimum absolute atomic E-state index is 0.0121. The Morgan fingerprint density at radius 1 is 0.731 bits per heavy atom. The molecule has 0 atom stereocenters. The van der Waals surface area contributed by atoms with E-state index in [-0.39, 0.29) is 12.2 Å². The molecule has 5 heteroatoms. The van der Waals surface area contributed by atoms with Gasteiger partial charge in [-0.05, 0) is 19.8 Å². The molecule has 0 radical (unpaired) electrons. The number of unbranched alkanes of at least 4 members (excludes halogenated alkanes) is 11. The fraction of sp³-hybridized carbons (Fsp3) is 0.810. The lowest BCUT2D eigenvalue weighted by Crippen LogP contribution is -2.15. The maximum absolute atomic E-state index is 11.7. The van der Waals surface area contributed by atoms with Crippen molar-refractivity contribution < 1.29 is 24.2 Å². The molecule has 5 nitrogen and oxygen atoms in total. The van der Waals surface area contributed by atoms with Gasteiger partial charge in [0.2, 0.25) is 5.76 Å². The zero-order valence-electron chi connectivity index (χ0n) is 17.0. The molecule has 0 bridgehead atoms. The molecular formula is C21H38O5. The summed E-state index contributed by atoms with van der Waals surface area (Å²) < 4.78 is 9.39. The van der Waals surface area contributed by atoms with Gasteiger partial charge in [-0.3, -0.25) is 0 Å². The van der Waals surface area contributed by atoms with Gasteiger partial charge in [-0.15, -0.1) is 0 Å². The monoisotopic (exact) mass is 370 g/mol. The zero-order valence-corrected chi connectivity index (χ0v) is 17.0. The summed E-state index contributed by atoms with van der Waals surface area (Å²) in [6.07, 6.45) is 14.9. The summed E-state index contributed by atoms with van der Waals surface area (Å²) in [5.74, 6) is -2.16. The van der Waals surface area contributed by atoms with Gasteiger partial charge in [0.15, 0.2) is 0 Å². The Morgan fingerprint density at radius 3 is 1.62 bits per heavy atom. The number of methoxy groups -OCH3 is 1. The van der Waals surface area contributed by atoms with Gasteiger partial charge in [-0.1, -0.05) is 77.6 Å². The summed E-state index contributed by atoms with van der Waals surface area (Å²) in [7, 11) is 1.24. The molecule has 0 aromatic heterocycles. The Hall–Kier alpha value is -1.52. The fourth-order valence-corrected chi connectivity index (χ4v) is 2.91. The van der Waals surface area contributed by atoms with Crippen molar-refractivity contribution in [1.29, 1.82) is 0 Å². The second-order valence-electron chi connectivity index (χ2n) is 6.68. The van der Waals surface area contributed by atoms with Crippen molar-refractivity contribution in [2.75, 3.05) is 13.7 Å². The SMILES string of the molecule is CCCCCCCCCCCCCCC(C(=O)OC)=C(O)C(=O)OCC. The lowest BCUT2D eigenvalue weighted by molar-refractivity contribution is -0.143. The molecule has 0 unspecified atom stereocenters. The van der Waals surface area contributed by atoms with Gasteiger partial charge in [-0.25, -0.2) is 9.59 Å². The molecule has 0 saturated heterocycles. The molecule has 0 aliphatic carbocycles. The van der Waals surface area contributed by atoms with Gasteiger partial charge in [-0.2, -0.15) is 0 Å². The summed E-state index contributed by atoms with van der Waals surface area (Å²) in [6, 6.07) is 0. The van der Waals surface area contributed by atoms with Gasteiger partial charge in [0.05, 0.1) is 19.3 Å². The first-order chi connectivity index (χ1) is 12.6. The average Bonchev–Trinajstić information content (AvgIpc) is 2.64. The summed E-state index contributed by atoms with van der Waals surface area (Å²) in [5.41, 5.74) is 0.0121. The van der Waals surface area contributed by atoms with Crippen LogP contribution in [0.5, 0.6) is 0 Å². The van der Waals surface area contributed by atoms with Crippen molar-refractivity contribution in [3.63, 3.8) is 0 Å². The van der Waals surface area contributed by atoms with Crippen LogP contribution in [0.1, 0.15) is 97.3 Å². The van der Waals surface area contributed by atoms with E-state index in [9.17, 15) is 14.7 Å². The normalized spacial score (nSPS) is 11.8. The van der Waals surface area contributed by atoms with Crippen LogP contribution in [0.4, 0.5) is 0 Å². The number of hydrogen-bond donors (Lipinski definition) is 1. The molecule has 0 spiro atoms. The molecule has 0 aliphatic heterocycles. The van der Waals surface area contributed by atoms with Crippen molar-refractivity contribution in [2.45, 2.75) is 97.3 Å². The van der Waals surface area contributed by atoms with Crippen LogP contribution in [0.2, 0.25) is 0 Å². The number of hydrogen-bond acceptors (Lipinski definition) is 5. The van der Waals surface area contributed by atoms with Crippen LogP contribution < -0.4 is 0 Å². The van der Waals surface area contributed by atoms with Gasteiger partial charge in [0.1, 0.15) is 0 Å². The molecule has 26 heavy (non-hydrogen) atoms. The molecule has 0 aliphatic rings. The molecule has 0 rings (SSSR count). The highest BCUT2D eigenvalue weighted by Gasteiger charge is 2.21. The molecule has 0 saturated carbocycles. The van der Waals surface area contributed by atoms with E-state index in [1.165, 1.54) is 64.9 Å². The molecular weight excluding hydrogens is 332 g/mol. The standard InChI is InChI=1S/C21H38O5/c1-4-6-7-8-9-10-11-12-13-14-15-16-17-18(20(23)25-3)19(22)21(24)26-5-2/h22H,4-17H2,1-3H3. The second kappa shape index (κ2) is 16.9. The number of ether oxygens (including phenoxy) is 2. The van der Waals surface area contributed by atoms with E-state index in [1.807, 2.05) is 0 Å². The van der Waals surface area contributed by atoms with Crippen LogP contribution in [0.3, 0.4) is 0 Å². The summed E-state index contributed by atoms with van der Waals surface area (Å²) in [5, 5.41) is 9.89. The van der Waals surface area contributed by atoms with E-state index in [4.69, 9.17) is 4.74 Å². The Balaban J connectivity index is 3.92. The smallest absolute Gasteiger partial charge is 0.373 e. The van der Waals surface area contributed by atoms with Crippen LogP contribution in [-0.4, -0.2) is 30.8 Å². The average molecular weight is 371 g/mol. The lowest BCUT2D eigenvalue weighted by Gasteiger charge is -2.08. The fourth-order valence-electron chi connectivity index (χ4n) is 2.91. The van der Waals surface area contributed by atoms with Crippen molar-refractivity contribution in [3.8, 4) is 0 Å². The predicted octanol–water partition coefficient (Wildman–Crippen LogP) is 5.63. The molecule has 0 heterocycles. The Morgan fingerprint density at radius 2 is 1.19 bits per heavy atom. The van der Waals surface area contributed by atoms with Gasteiger partial charge in [0.25, 0.3) is 0 Å². The molecule has 1 N–H and O–H groups in total. The van der Waals surface area contributed by atoms with Crippen molar-refractivity contribution in [1.82, 2.24) is 0 Å². The van der Waals surface area contributed by atoms with E-state index in [0.717, 1.165) is 19.3 Å². The number of aliphatic hydroxyl groups excluding tert-OH is 1. The molecule has 0 aromatic rings. The number of carbonyl (C=O) groups is 2. The second-order valence-corrected chi connectivity index (χ2v) is 6.68. The quantitative estimate of drug-likeness (QED) is 0.165. The third-order valence-corrected chi connectivity index (χ3v) is 4.47. The highest BCUT2D eigenvalue weighted by Crippen LogP contribution is 2.17. The van der Waals surface area contributed by atoms with Crippen molar-refractivity contribution in [3.05, 3.63) is 11.3 Å². The highest BCUT2D eigenvalue weighted by atomic mass is 16.5. The van der Waals surface area contributed by atoms with Gasteiger partial charge >= 0.3 is 11.9 Å². The highest BCUT2D eigenvalue weighted by molar-refractivity contribution is 5.98. The van der Waals surface area contributed by atoms with Gasteiger partial charge in [0, 0.05) is 0 Å². The van der Waals surface area contributed by atoms with E-state index in [2.05, 4.69) is 11.7 Å². The van der Waals surface area contributed by atoms with E-state index >= 15 is 0 Å². The predicted molar refractivity (Wildman–Crippen MR) is 104 cm³/mol. The summed E-state index contributed by atoms with van der Waals surface area (Å²) in [4.78, 5) is 23.3. The van der Waals surface area contributed by atoms with Crippen LogP contribution in [-0.2, 0) is 19.1 Å². The van der Waals surface area contributed by atoms with E-state index in [0.29, 0.717) is 6.42 Å². The number of carbonyl (C=O) groups excluding carboxylic acids is 2. The van der Waals surface area contributed by atoms with E-state index < -0.39 is 17.7 Å². The third-order valence-electron chi connectivity index (χ3n) is 4.47. The first kappa shape index (κ1) is 24.5. The first-order valence-corrected chi connectivity index (χ1v) is 10.3. The van der Waals surface area contributed by atoms with Crippen molar-refractivity contribution in [2.24, 2.45) is 0 Å². The largest absolute Gasteiger partial charge is 0.501 e. The van der Waals surface area contributed by atoms with Gasteiger partial charge < -0.3 is 14.6 Å². The number of aliphatic hydroxyl groups is 1. The van der Waals surface area contributed by atoms with Crippen molar-refractivity contribution >= 4 is 11.9 Å². The van der Waals surface area contributed by atoms with Crippen LogP contribution >= 0.6 is 0 Å².